The number of rotatable bonds is 5. The zero-order chi connectivity index (χ0) is 20.3. The maximum absolute atomic E-state index is 12.3. The fraction of sp³-hybridized carbons (Fsp3) is 0.500. The van der Waals surface area contributed by atoms with Gasteiger partial charge in [-0.1, -0.05) is 6.07 Å². The second-order valence-electron chi connectivity index (χ2n) is 7.57. The Kier molecular flexibility index (Phi) is 5.96. The van der Waals surface area contributed by atoms with Crippen LogP contribution in [0.4, 0.5) is 11.8 Å². The molecule has 0 bridgehead atoms. The summed E-state index contributed by atoms with van der Waals surface area (Å²) < 4.78 is 0. The van der Waals surface area contributed by atoms with Gasteiger partial charge in [0, 0.05) is 43.5 Å². The molecule has 0 spiro atoms. The van der Waals surface area contributed by atoms with Crippen molar-refractivity contribution in [1.82, 2.24) is 20.3 Å². The van der Waals surface area contributed by atoms with Crippen molar-refractivity contribution in [1.29, 1.82) is 0 Å². The Bertz CT molecular complexity index is 900. The molecule has 0 radical (unpaired) electrons. The minimum atomic E-state index is -0.272. The van der Waals surface area contributed by atoms with Crippen molar-refractivity contribution < 1.29 is 4.79 Å². The Labute approximate surface area is 164 Å². The fourth-order valence-corrected chi connectivity index (χ4v) is 3.52. The van der Waals surface area contributed by atoms with Crippen LogP contribution in [0.3, 0.4) is 0 Å². The van der Waals surface area contributed by atoms with Crippen LogP contribution in [0, 0.1) is 13.8 Å². The molecule has 0 atom stereocenters. The van der Waals surface area contributed by atoms with Gasteiger partial charge in [0.25, 0.3) is 5.91 Å². The third-order valence-electron chi connectivity index (χ3n) is 5.20. The number of amides is 1. The van der Waals surface area contributed by atoms with Crippen LogP contribution in [-0.4, -0.2) is 47.0 Å². The standard InChI is InChI=1S/C20H28N6O2/c1-12-13(2)21-20(25-18(12)26(3)4)23-15-10-8-14(9-11-15)22-19(28)16-6-5-7-17(27)24-16/h5-7,14-15H,8-11H2,1-4H3,(H,22,28)(H,24,27)(H,21,23,25). The van der Waals surface area contributed by atoms with E-state index in [0.717, 1.165) is 42.8 Å². The van der Waals surface area contributed by atoms with Crippen LogP contribution in [0.15, 0.2) is 23.0 Å². The molecule has 28 heavy (non-hydrogen) atoms. The molecule has 150 valence electrons. The SMILES string of the molecule is Cc1nc(NC2CCC(NC(=O)c3cccc(=O)[nH]3)CC2)nc(N(C)C)c1C. The van der Waals surface area contributed by atoms with Gasteiger partial charge in [-0.25, -0.2) is 4.98 Å². The first-order valence-electron chi connectivity index (χ1n) is 9.63. The maximum atomic E-state index is 12.3. The number of carbonyl (C=O) groups is 1. The molecule has 8 nitrogen and oxygen atoms in total. The normalized spacial score (nSPS) is 19.1. The van der Waals surface area contributed by atoms with Crippen molar-refractivity contribution in [2.24, 2.45) is 0 Å². The molecule has 1 aliphatic rings. The van der Waals surface area contributed by atoms with E-state index in [9.17, 15) is 9.59 Å². The largest absolute Gasteiger partial charge is 0.362 e. The highest BCUT2D eigenvalue weighted by Gasteiger charge is 2.24. The second kappa shape index (κ2) is 8.41. The zero-order valence-corrected chi connectivity index (χ0v) is 16.9. The lowest BCUT2D eigenvalue weighted by molar-refractivity contribution is 0.0921. The molecular formula is C20H28N6O2. The van der Waals surface area contributed by atoms with Crippen LogP contribution in [0.2, 0.25) is 0 Å². The molecule has 0 aromatic carbocycles. The van der Waals surface area contributed by atoms with Crippen LogP contribution in [0.5, 0.6) is 0 Å². The minimum absolute atomic E-state index is 0.104. The van der Waals surface area contributed by atoms with E-state index in [-0.39, 0.29) is 23.6 Å². The predicted molar refractivity (Wildman–Crippen MR) is 110 cm³/mol. The first-order chi connectivity index (χ1) is 13.3. The number of aromatic nitrogens is 3. The lowest BCUT2D eigenvalue weighted by Gasteiger charge is -2.30. The molecule has 1 aliphatic carbocycles. The second-order valence-corrected chi connectivity index (χ2v) is 7.57. The van der Waals surface area contributed by atoms with E-state index in [4.69, 9.17) is 0 Å². The molecule has 8 heteroatoms. The van der Waals surface area contributed by atoms with Crippen LogP contribution >= 0.6 is 0 Å². The maximum Gasteiger partial charge on any atom is 0.268 e. The van der Waals surface area contributed by atoms with Gasteiger partial charge in [0.2, 0.25) is 11.5 Å². The van der Waals surface area contributed by atoms with E-state index in [0.29, 0.717) is 11.6 Å². The summed E-state index contributed by atoms with van der Waals surface area (Å²) in [5, 5.41) is 6.46. The van der Waals surface area contributed by atoms with E-state index < -0.39 is 0 Å². The highest BCUT2D eigenvalue weighted by atomic mass is 16.2. The minimum Gasteiger partial charge on any atom is -0.362 e. The van der Waals surface area contributed by atoms with E-state index >= 15 is 0 Å². The number of aryl methyl sites for hydroxylation is 1. The number of aromatic amines is 1. The summed E-state index contributed by atoms with van der Waals surface area (Å²) in [7, 11) is 3.96. The molecule has 2 aromatic rings. The van der Waals surface area contributed by atoms with Crippen molar-refractivity contribution >= 4 is 17.7 Å². The van der Waals surface area contributed by atoms with Crippen molar-refractivity contribution in [3.8, 4) is 0 Å². The average Bonchev–Trinajstić information content (AvgIpc) is 2.66. The van der Waals surface area contributed by atoms with Gasteiger partial charge < -0.3 is 20.5 Å². The predicted octanol–water partition coefficient (Wildman–Crippen LogP) is 2.00. The summed E-state index contributed by atoms with van der Waals surface area (Å²) in [5.41, 5.74) is 2.08. The molecule has 2 aromatic heterocycles. The molecule has 1 amide bonds. The Morgan fingerprint density at radius 3 is 2.43 bits per heavy atom. The van der Waals surface area contributed by atoms with E-state index in [1.54, 1.807) is 12.1 Å². The highest BCUT2D eigenvalue weighted by Crippen LogP contribution is 2.24. The molecule has 1 saturated carbocycles. The first-order valence-corrected chi connectivity index (χ1v) is 9.63. The van der Waals surface area contributed by atoms with E-state index in [1.165, 1.54) is 6.07 Å². The van der Waals surface area contributed by atoms with Gasteiger partial charge in [-0.15, -0.1) is 0 Å². The van der Waals surface area contributed by atoms with Crippen molar-refractivity contribution in [3.05, 3.63) is 45.5 Å². The van der Waals surface area contributed by atoms with Crippen LogP contribution < -0.4 is 21.1 Å². The number of hydrogen-bond acceptors (Lipinski definition) is 6. The Balaban J connectivity index is 1.56. The molecule has 3 rings (SSSR count). The summed E-state index contributed by atoms with van der Waals surface area (Å²) >= 11 is 0. The van der Waals surface area contributed by atoms with Crippen LogP contribution in [0.25, 0.3) is 0 Å². The van der Waals surface area contributed by atoms with Gasteiger partial charge in [0.15, 0.2) is 0 Å². The molecule has 1 fully saturated rings. The van der Waals surface area contributed by atoms with E-state index in [1.807, 2.05) is 32.8 Å². The zero-order valence-electron chi connectivity index (χ0n) is 16.9. The Hall–Kier alpha value is -2.90. The molecule has 2 heterocycles. The van der Waals surface area contributed by atoms with Gasteiger partial charge in [-0.3, -0.25) is 9.59 Å². The lowest BCUT2D eigenvalue weighted by Crippen LogP contribution is -2.40. The summed E-state index contributed by atoms with van der Waals surface area (Å²) in [4.78, 5) is 37.4. The number of nitrogens with one attached hydrogen (secondary N) is 3. The molecule has 0 unspecified atom stereocenters. The first kappa shape index (κ1) is 19.9. The van der Waals surface area contributed by atoms with Crippen molar-refractivity contribution in [2.75, 3.05) is 24.3 Å². The molecule has 3 N–H and O–H groups in total. The summed E-state index contributed by atoms with van der Waals surface area (Å²) in [6.45, 7) is 4.03. The van der Waals surface area contributed by atoms with Crippen LogP contribution in [0.1, 0.15) is 47.4 Å². The highest BCUT2D eigenvalue weighted by molar-refractivity contribution is 5.92. The molecular weight excluding hydrogens is 356 g/mol. The molecule has 0 aliphatic heterocycles. The number of pyridine rings is 1. The summed E-state index contributed by atoms with van der Waals surface area (Å²) in [5.74, 6) is 1.34. The quantitative estimate of drug-likeness (QED) is 0.729. The lowest BCUT2D eigenvalue weighted by atomic mass is 9.91. The Morgan fingerprint density at radius 2 is 1.79 bits per heavy atom. The number of nitrogens with zero attached hydrogens (tertiary/aromatic N) is 3. The van der Waals surface area contributed by atoms with Crippen molar-refractivity contribution in [2.45, 2.75) is 51.6 Å². The van der Waals surface area contributed by atoms with E-state index in [2.05, 4.69) is 25.6 Å². The third-order valence-corrected chi connectivity index (χ3v) is 5.20. The Morgan fingerprint density at radius 1 is 1.11 bits per heavy atom. The summed E-state index contributed by atoms with van der Waals surface area (Å²) in [6.07, 6.45) is 3.57. The van der Waals surface area contributed by atoms with Gasteiger partial charge in [-0.05, 0) is 45.6 Å². The fourth-order valence-electron chi connectivity index (χ4n) is 3.52. The van der Waals surface area contributed by atoms with Gasteiger partial charge in [0.1, 0.15) is 11.5 Å². The monoisotopic (exact) mass is 384 g/mol. The third kappa shape index (κ3) is 4.68. The number of hydrogen-bond donors (Lipinski definition) is 3. The van der Waals surface area contributed by atoms with Gasteiger partial charge in [0.05, 0.1) is 0 Å². The van der Waals surface area contributed by atoms with Gasteiger partial charge in [-0.2, -0.15) is 4.98 Å². The number of anilines is 2. The number of carbonyl (C=O) groups excluding carboxylic acids is 1. The van der Waals surface area contributed by atoms with Crippen LogP contribution in [-0.2, 0) is 0 Å². The van der Waals surface area contributed by atoms with Gasteiger partial charge >= 0.3 is 0 Å². The average molecular weight is 384 g/mol. The smallest absolute Gasteiger partial charge is 0.268 e. The topological polar surface area (TPSA) is 103 Å². The summed E-state index contributed by atoms with van der Waals surface area (Å²) in [6, 6.07) is 4.97. The molecule has 0 saturated heterocycles. The number of H-pyrrole nitrogens is 1. The van der Waals surface area contributed by atoms with Crippen molar-refractivity contribution in [3.63, 3.8) is 0 Å².